The summed E-state index contributed by atoms with van der Waals surface area (Å²) in [6.07, 6.45) is 0.00272. The Bertz CT molecular complexity index is 1260. The third-order valence-electron chi connectivity index (χ3n) is 4.60. The first-order valence-corrected chi connectivity index (χ1v) is 10.0. The van der Waals surface area contributed by atoms with Gasteiger partial charge in [0.05, 0.1) is 17.0 Å². The maximum Gasteiger partial charge on any atom is 0.302 e. The third-order valence-corrected chi connectivity index (χ3v) is 5.30. The summed E-state index contributed by atoms with van der Waals surface area (Å²) in [4.78, 5) is 13.1. The highest BCUT2D eigenvalue weighted by atomic mass is 32.3. The van der Waals surface area contributed by atoms with Crippen LogP contribution in [0.5, 0.6) is 0 Å². The van der Waals surface area contributed by atoms with Crippen LogP contribution in [0, 0.1) is 0 Å². The molecule has 0 saturated heterocycles. The van der Waals surface area contributed by atoms with E-state index in [0.717, 1.165) is 10.9 Å². The summed E-state index contributed by atoms with van der Waals surface area (Å²) in [5.41, 5.74) is 3.13. The first-order chi connectivity index (χ1) is 12.9. The number of benzene rings is 2. The van der Waals surface area contributed by atoms with Gasteiger partial charge in [0.1, 0.15) is 0 Å². The molecule has 0 saturated carbocycles. The molecule has 0 N–H and O–H groups in total. The Balaban J connectivity index is 1.96. The summed E-state index contributed by atoms with van der Waals surface area (Å²) < 4.78 is 36.8. The van der Waals surface area contributed by atoms with Crippen LogP contribution in [0.1, 0.15) is 21.6 Å². The van der Waals surface area contributed by atoms with E-state index in [0.29, 0.717) is 22.3 Å². The van der Waals surface area contributed by atoms with Gasteiger partial charge in [0, 0.05) is 11.1 Å². The molecule has 2 aromatic heterocycles. The lowest BCUT2D eigenvalue weighted by Gasteiger charge is -2.07. The van der Waals surface area contributed by atoms with Crippen molar-refractivity contribution in [2.24, 2.45) is 0 Å². The van der Waals surface area contributed by atoms with Crippen molar-refractivity contribution in [2.75, 3.05) is 5.75 Å². The first-order valence-electron chi connectivity index (χ1n) is 8.48. The Kier molecular flexibility index (Phi) is 4.28. The smallest absolute Gasteiger partial charge is 0.302 e. The number of hydrogen-bond acceptors (Lipinski definition) is 3. The van der Waals surface area contributed by atoms with Crippen LogP contribution in [-0.4, -0.2) is 24.4 Å². The highest BCUT2D eigenvalue weighted by Gasteiger charge is 2.19. The summed E-state index contributed by atoms with van der Waals surface area (Å²) in [6, 6.07) is 21.9. The number of ketones is 1. The molecule has 0 fully saturated rings. The van der Waals surface area contributed by atoms with E-state index < -0.39 is 16.0 Å². The molecular formula is C21H16FNO3S. The predicted octanol–water partition coefficient (Wildman–Crippen LogP) is 4.17. The Morgan fingerprint density at radius 3 is 2.33 bits per heavy atom. The number of para-hydroxylation sites is 1. The van der Waals surface area contributed by atoms with Crippen LogP contribution in [0.4, 0.5) is 3.89 Å². The molecule has 0 spiro atoms. The van der Waals surface area contributed by atoms with Crippen LogP contribution in [-0.2, 0) is 16.6 Å². The molecule has 4 aromatic rings. The maximum absolute atomic E-state index is 13.1. The minimum atomic E-state index is -4.59. The molecule has 0 aliphatic carbocycles. The number of hydrogen-bond donors (Lipinski definition) is 0. The standard InChI is InChI=1S/C21H16FNO3S/c22-27(25,26)13-12-17-14-20(21(24)16-7-2-1-3-8-16)23-18-9-5-4-6-15(18)10-11-19(17)23/h1-11,14H,12-13H2. The van der Waals surface area contributed by atoms with Crippen LogP contribution >= 0.6 is 0 Å². The van der Waals surface area contributed by atoms with E-state index in [2.05, 4.69) is 0 Å². The lowest BCUT2D eigenvalue weighted by atomic mass is 10.1. The van der Waals surface area contributed by atoms with E-state index in [-0.39, 0.29) is 12.2 Å². The Morgan fingerprint density at radius 1 is 0.889 bits per heavy atom. The van der Waals surface area contributed by atoms with Crippen molar-refractivity contribution in [1.82, 2.24) is 4.40 Å². The molecule has 0 unspecified atom stereocenters. The van der Waals surface area contributed by atoms with E-state index in [1.807, 2.05) is 46.9 Å². The summed E-state index contributed by atoms with van der Waals surface area (Å²) in [7, 11) is -4.59. The molecule has 0 bridgehead atoms. The van der Waals surface area contributed by atoms with Gasteiger partial charge in [0.2, 0.25) is 5.78 Å². The van der Waals surface area contributed by atoms with E-state index in [4.69, 9.17) is 0 Å². The van der Waals surface area contributed by atoms with Crippen LogP contribution in [0.3, 0.4) is 0 Å². The van der Waals surface area contributed by atoms with Crippen molar-refractivity contribution in [3.05, 3.63) is 89.6 Å². The molecule has 2 heterocycles. The van der Waals surface area contributed by atoms with E-state index >= 15 is 0 Å². The highest BCUT2D eigenvalue weighted by molar-refractivity contribution is 7.86. The molecule has 6 heteroatoms. The number of carbonyl (C=O) groups excluding carboxylic acids is 1. The SMILES string of the molecule is O=C(c1ccccc1)c1cc(CCS(=O)(=O)F)c2ccc3ccccc3n12. The van der Waals surface area contributed by atoms with Crippen molar-refractivity contribution in [2.45, 2.75) is 6.42 Å². The minimum absolute atomic E-state index is 0.00272. The fourth-order valence-corrected chi connectivity index (χ4v) is 3.82. The number of pyridine rings is 1. The van der Waals surface area contributed by atoms with Gasteiger partial charge < -0.3 is 4.40 Å². The molecule has 0 aliphatic rings. The van der Waals surface area contributed by atoms with Crippen molar-refractivity contribution >= 4 is 32.4 Å². The molecule has 2 aromatic carbocycles. The Hall–Kier alpha value is -2.99. The van der Waals surface area contributed by atoms with Gasteiger partial charge in [-0.15, -0.1) is 3.89 Å². The third kappa shape index (κ3) is 3.36. The molecule has 136 valence electrons. The van der Waals surface area contributed by atoms with Crippen molar-refractivity contribution in [3.63, 3.8) is 0 Å². The van der Waals surface area contributed by atoms with Gasteiger partial charge in [-0.05, 0) is 35.6 Å². The van der Waals surface area contributed by atoms with Gasteiger partial charge in [-0.3, -0.25) is 4.79 Å². The number of aromatic nitrogens is 1. The fourth-order valence-electron chi connectivity index (χ4n) is 3.36. The number of nitrogens with zero attached hydrogens (tertiary/aromatic N) is 1. The van der Waals surface area contributed by atoms with Gasteiger partial charge in [-0.1, -0.05) is 54.6 Å². The normalized spacial score (nSPS) is 11.9. The summed E-state index contributed by atoms with van der Waals surface area (Å²) in [5, 5.41) is 0.951. The molecule has 0 atom stereocenters. The topological polar surface area (TPSA) is 55.6 Å². The average molecular weight is 381 g/mol. The maximum atomic E-state index is 13.1. The van der Waals surface area contributed by atoms with Crippen LogP contribution in [0.2, 0.25) is 0 Å². The second-order valence-corrected chi connectivity index (χ2v) is 7.84. The van der Waals surface area contributed by atoms with Crippen molar-refractivity contribution < 1.29 is 17.1 Å². The fraction of sp³-hybridized carbons (Fsp3) is 0.0952. The van der Waals surface area contributed by atoms with Crippen LogP contribution in [0.25, 0.3) is 16.4 Å². The van der Waals surface area contributed by atoms with E-state index in [1.54, 1.807) is 30.3 Å². The highest BCUT2D eigenvalue weighted by Crippen LogP contribution is 2.26. The van der Waals surface area contributed by atoms with Gasteiger partial charge in [0.15, 0.2) is 0 Å². The molecule has 0 aliphatic heterocycles. The second kappa shape index (κ2) is 6.63. The zero-order valence-corrected chi connectivity index (χ0v) is 15.1. The lowest BCUT2D eigenvalue weighted by Crippen LogP contribution is -2.05. The van der Waals surface area contributed by atoms with Gasteiger partial charge in [-0.25, -0.2) is 0 Å². The molecule has 0 amide bonds. The quantitative estimate of drug-likeness (QED) is 0.385. The zero-order valence-electron chi connectivity index (χ0n) is 14.3. The Labute approximate surface area is 156 Å². The number of fused-ring (bicyclic) bond motifs is 3. The van der Waals surface area contributed by atoms with E-state index in [9.17, 15) is 17.1 Å². The van der Waals surface area contributed by atoms with Gasteiger partial charge in [-0.2, -0.15) is 8.42 Å². The van der Waals surface area contributed by atoms with Crippen LogP contribution in [0.15, 0.2) is 72.8 Å². The van der Waals surface area contributed by atoms with Gasteiger partial charge >= 0.3 is 10.2 Å². The van der Waals surface area contributed by atoms with Crippen molar-refractivity contribution in [3.8, 4) is 0 Å². The molecule has 0 radical (unpaired) electrons. The number of rotatable bonds is 5. The van der Waals surface area contributed by atoms with Gasteiger partial charge in [0.25, 0.3) is 0 Å². The van der Waals surface area contributed by atoms with Crippen LogP contribution < -0.4 is 0 Å². The minimum Gasteiger partial charge on any atom is -0.306 e. The first kappa shape index (κ1) is 17.4. The largest absolute Gasteiger partial charge is 0.306 e. The average Bonchev–Trinajstić information content (AvgIpc) is 3.05. The molecule has 27 heavy (non-hydrogen) atoms. The zero-order chi connectivity index (χ0) is 19.0. The number of aryl methyl sites for hydroxylation is 1. The number of halogens is 1. The summed E-state index contributed by atoms with van der Waals surface area (Å²) >= 11 is 0. The monoisotopic (exact) mass is 381 g/mol. The van der Waals surface area contributed by atoms with E-state index in [1.165, 1.54) is 0 Å². The Morgan fingerprint density at radius 2 is 1.59 bits per heavy atom. The van der Waals surface area contributed by atoms with Crippen molar-refractivity contribution in [1.29, 1.82) is 0 Å². The summed E-state index contributed by atoms with van der Waals surface area (Å²) in [5.74, 6) is -0.783. The molecular weight excluding hydrogens is 365 g/mol. The number of carbonyl (C=O) groups is 1. The second-order valence-electron chi connectivity index (χ2n) is 6.36. The molecule has 4 nitrogen and oxygen atoms in total. The molecule has 4 rings (SSSR count). The lowest BCUT2D eigenvalue weighted by molar-refractivity contribution is 0.103. The summed E-state index contributed by atoms with van der Waals surface area (Å²) in [6.45, 7) is 0. The predicted molar refractivity (Wildman–Crippen MR) is 103 cm³/mol.